The topological polar surface area (TPSA) is 84.0 Å². The molecule has 2 aliphatic carbocycles. The molecule has 35 heavy (non-hydrogen) atoms. The summed E-state index contributed by atoms with van der Waals surface area (Å²) in [6, 6.07) is 12.4. The summed E-state index contributed by atoms with van der Waals surface area (Å²) in [5.41, 5.74) is 3.44. The number of benzene rings is 2. The lowest BCUT2D eigenvalue weighted by Crippen LogP contribution is -2.32. The fourth-order valence-corrected chi connectivity index (χ4v) is 6.73. The number of hydrogen-bond acceptors (Lipinski definition) is 5. The molecule has 6 rings (SSSR count). The van der Waals surface area contributed by atoms with Gasteiger partial charge in [0.05, 0.1) is 23.4 Å². The maximum Gasteiger partial charge on any atom is 0.316 e. The predicted molar refractivity (Wildman–Crippen MR) is 129 cm³/mol. The highest BCUT2D eigenvalue weighted by molar-refractivity contribution is 6.22. The van der Waals surface area contributed by atoms with Crippen molar-refractivity contribution in [3.8, 4) is 5.75 Å². The van der Waals surface area contributed by atoms with Crippen LogP contribution in [0, 0.1) is 43.4 Å². The molecule has 180 valence electrons. The Morgan fingerprint density at radius 1 is 0.914 bits per heavy atom. The van der Waals surface area contributed by atoms with Gasteiger partial charge in [0.25, 0.3) is 0 Å². The Kier molecular flexibility index (Phi) is 5.06. The first-order valence-electron chi connectivity index (χ1n) is 12.4. The predicted octanol–water partition coefficient (Wildman–Crippen LogP) is 3.80. The molecular weight excluding hydrogens is 444 g/mol. The first-order chi connectivity index (χ1) is 16.8. The maximum atomic E-state index is 13.0. The molecule has 2 heterocycles. The zero-order chi connectivity index (χ0) is 24.4. The van der Waals surface area contributed by atoms with E-state index in [1.807, 2.05) is 32.0 Å². The second kappa shape index (κ2) is 8.04. The largest absolute Gasteiger partial charge is 0.426 e. The van der Waals surface area contributed by atoms with E-state index < -0.39 is 11.9 Å². The van der Waals surface area contributed by atoms with Crippen molar-refractivity contribution < 1.29 is 23.9 Å². The Morgan fingerprint density at radius 3 is 2.20 bits per heavy atom. The molecule has 7 heteroatoms. The van der Waals surface area contributed by atoms with Crippen LogP contribution in [-0.4, -0.2) is 30.2 Å². The van der Waals surface area contributed by atoms with Gasteiger partial charge in [-0.1, -0.05) is 17.7 Å². The van der Waals surface area contributed by atoms with Crippen molar-refractivity contribution in [3.05, 3.63) is 53.6 Å². The molecule has 0 spiro atoms. The number of rotatable bonds is 4. The van der Waals surface area contributed by atoms with Gasteiger partial charge < -0.3 is 9.64 Å². The second-order valence-electron chi connectivity index (χ2n) is 10.5. The minimum atomic E-state index is -0.556. The van der Waals surface area contributed by atoms with Gasteiger partial charge in [0.1, 0.15) is 5.75 Å². The number of anilines is 2. The molecule has 4 fully saturated rings. The molecule has 2 bridgehead atoms. The third-order valence-corrected chi connectivity index (χ3v) is 8.34. The smallest absolute Gasteiger partial charge is 0.316 e. The number of ether oxygens (including phenoxy) is 1. The molecular formula is C28H28N2O5. The Labute approximate surface area is 204 Å². The van der Waals surface area contributed by atoms with Crippen LogP contribution in [0.25, 0.3) is 0 Å². The molecule has 2 saturated heterocycles. The molecule has 2 aromatic rings. The van der Waals surface area contributed by atoms with E-state index in [0.717, 1.165) is 36.1 Å². The molecule has 4 aliphatic rings. The van der Waals surface area contributed by atoms with Crippen molar-refractivity contribution in [3.63, 3.8) is 0 Å². The van der Waals surface area contributed by atoms with Crippen molar-refractivity contribution in [2.45, 2.75) is 39.5 Å². The average Bonchev–Trinajstić information content (AvgIpc) is 3.59. The molecule has 2 aliphatic heterocycles. The number of fused-ring (bicyclic) bond motifs is 5. The van der Waals surface area contributed by atoms with Gasteiger partial charge in [-0.15, -0.1) is 0 Å². The first kappa shape index (κ1) is 22.0. The van der Waals surface area contributed by atoms with Crippen LogP contribution in [0.3, 0.4) is 0 Å². The Hall–Kier alpha value is -3.48. The summed E-state index contributed by atoms with van der Waals surface area (Å²) in [7, 11) is 0. The fourth-order valence-electron chi connectivity index (χ4n) is 6.73. The van der Waals surface area contributed by atoms with E-state index >= 15 is 0 Å². The van der Waals surface area contributed by atoms with Crippen LogP contribution in [0.1, 0.15) is 36.8 Å². The lowest BCUT2D eigenvalue weighted by atomic mass is 9.81. The first-order valence-corrected chi connectivity index (χ1v) is 12.4. The van der Waals surface area contributed by atoms with Crippen LogP contribution < -0.4 is 14.5 Å². The van der Waals surface area contributed by atoms with Gasteiger partial charge in [-0.2, -0.15) is 0 Å². The highest BCUT2D eigenvalue weighted by Gasteiger charge is 2.61. The van der Waals surface area contributed by atoms with Crippen LogP contribution in [0.5, 0.6) is 5.75 Å². The fraction of sp³-hybridized carbons (Fsp3) is 0.429. The summed E-state index contributed by atoms with van der Waals surface area (Å²) in [5, 5.41) is 0. The Morgan fingerprint density at radius 2 is 1.57 bits per heavy atom. The van der Waals surface area contributed by atoms with E-state index in [-0.39, 0.29) is 42.5 Å². The number of aryl methyl sites for hydroxylation is 2. The van der Waals surface area contributed by atoms with E-state index in [0.29, 0.717) is 23.3 Å². The van der Waals surface area contributed by atoms with Gasteiger partial charge in [-0.05, 0) is 80.8 Å². The minimum absolute atomic E-state index is 0.0899. The third kappa shape index (κ3) is 3.48. The van der Waals surface area contributed by atoms with Crippen LogP contribution in [0.2, 0.25) is 0 Å². The highest BCUT2D eigenvalue weighted by atomic mass is 16.5. The van der Waals surface area contributed by atoms with Gasteiger partial charge in [0, 0.05) is 18.7 Å². The molecule has 5 atom stereocenters. The Bertz CT molecular complexity index is 1220. The van der Waals surface area contributed by atoms with Crippen molar-refractivity contribution in [1.29, 1.82) is 0 Å². The van der Waals surface area contributed by atoms with Gasteiger partial charge in [0.2, 0.25) is 17.7 Å². The maximum absolute atomic E-state index is 13.0. The molecule has 2 aromatic carbocycles. The number of nitrogens with zero attached hydrogens (tertiary/aromatic N) is 2. The van der Waals surface area contributed by atoms with Crippen molar-refractivity contribution in [2.24, 2.45) is 29.6 Å². The highest BCUT2D eigenvalue weighted by Crippen LogP contribution is 2.56. The molecule has 7 nitrogen and oxygen atoms in total. The molecule has 0 N–H and O–H groups in total. The Balaban J connectivity index is 1.13. The van der Waals surface area contributed by atoms with E-state index in [1.165, 1.54) is 4.90 Å². The molecule has 3 amide bonds. The lowest BCUT2D eigenvalue weighted by molar-refractivity contribution is -0.139. The summed E-state index contributed by atoms with van der Waals surface area (Å²) in [5.74, 6) is -0.626. The van der Waals surface area contributed by atoms with Crippen molar-refractivity contribution >= 4 is 35.1 Å². The monoisotopic (exact) mass is 472 g/mol. The van der Waals surface area contributed by atoms with Gasteiger partial charge in [-0.25, -0.2) is 0 Å². The van der Waals surface area contributed by atoms with Crippen LogP contribution in [0.4, 0.5) is 11.4 Å². The number of hydrogen-bond donors (Lipinski definition) is 0. The van der Waals surface area contributed by atoms with E-state index in [1.54, 1.807) is 29.2 Å². The van der Waals surface area contributed by atoms with Crippen molar-refractivity contribution in [2.75, 3.05) is 16.3 Å². The molecule has 0 aromatic heterocycles. The zero-order valence-electron chi connectivity index (χ0n) is 19.9. The third-order valence-electron chi connectivity index (χ3n) is 8.34. The standard InChI is InChI=1S/C28H28N2O5/c1-15-3-10-22(16(2)11-15)29-14-19(13-23(29)31)28(34)35-21-8-6-20(7-9-21)30-26(32)24-17-4-5-18(12-17)25(24)27(30)33/h3,6-11,17-19,24-25H,4-5,12-14H2,1-2H3/t17-,18-,19+,24-,25-/m0/s1. The molecule has 0 radical (unpaired) electrons. The van der Waals surface area contributed by atoms with Crippen molar-refractivity contribution in [1.82, 2.24) is 0 Å². The second-order valence-corrected chi connectivity index (χ2v) is 10.5. The number of amides is 3. The van der Waals surface area contributed by atoms with Crippen LogP contribution in [0.15, 0.2) is 42.5 Å². The number of carbonyl (C=O) groups is 4. The van der Waals surface area contributed by atoms with Crippen LogP contribution >= 0.6 is 0 Å². The summed E-state index contributed by atoms with van der Waals surface area (Å²) < 4.78 is 5.56. The number of esters is 1. The number of imide groups is 1. The van der Waals surface area contributed by atoms with Gasteiger partial charge in [0.15, 0.2) is 0 Å². The van der Waals surface area contributed by atoms with Gasteiger partial charge >= 0.3 is 5.97 Å². The summed E-state index contributed by atoms with van der Waals surface area (Å²) in [4.78, 5) is 54.5. The summed E-state index contributed by atoms with van der Waals surface area (Å²) in [6.45, 7) is 4.23. The number of carbonyl (C=O) groups excluding carboxylic acids is 4. The van der Waals surface area contributed by atoms with Crippen LogP contribution in [-0.2, 0) is 19.2 Å². The van der Waals surface area contributed by atoms with E-state index in [9.17, 15) is 19.2 Å². The quantitative estimate of drug-likeness (QED) is 0.384. The minimum Gasteiger partial charge on any atom is -0.426 e. The summed E-state index contributed by atoms with van der Waals surface area (Å²) >= 11 is 0. The normalized spacial score (nSPS) is 29.3. The zero-order valence-corrected chi connectivity index (χ0v) is 19.9. The average molecular weight is 473 g/mol. The van der Waals surface area contributed by atoms with Gasteiger partial charge in [-0.3, -0.25) is 24.1 Å². The SMILES string of the molecule is Cc1ccc(N2C[C@H](C(=O)Oc3ccc(N4C(=O)[C@H]5[C@H]6CC[C@@H](C6)[C@@H]5C4=O)cc3)CC2=O)c(C)c1. The van der Waals surface area contributed by atoms with E-state index in [4.69, 9.17) is 4.74 Å². The summed E-state index contributed by atoms with van der Waals surface area (Å²) in [6.07, 6.45) is 3.18. The molecule has 0 unspecified atom stereocenters. The lowest BCUT2D eigenvalue weighted by Gasteiger charge is -2.19. The molecule has 2 saturated carbocycles. The van der Waals surface area contributed by atoms with E-state index in [2.05, 4.69) is 0 Å².